The summed E-state index contributed by atoms with van der Waals surface area (Å²) in [6, 6.07) is 0. The molecule has 0 rings (SSSR count). The first-order valence-electron chi connectivity index (χ1n) is 2.43. The molecule has 2 nitrogen and oxygen atoms in total. The van der Waals surface area contributed by atoms with E-state index in [1.807, 2.05) is 13.0 Å². The number of amidine groups is 1. The van der Waals surface area contributed by atoms with E-state index in [2.05, 4.69) is 16.7 Å². The Hall–Kier alpha value is -0.920. The fourth-order valence-corrected chi connectivity index (χ4v) is 0.223. The summed E-state index contributed by atoms with van der Waals surface area (Å²) in [5.41, 5.74) is 0. The molecule has 44 valence electrons. The summed E-state index contributed by atoms with van der Waals surface area (Å²) in [5.74, 6) is 0.697. The van der Waals surface area contributed by atoms with Gasteiger partial charge in [0.2, 0.25) is 0 Å². The van der Waals surface area contributed by atoms with Crippen molar-refractivity contribution in [1.82, 2.24) is 0 Å². The molecule has 0 aromatic rings. The third-order valence-corrected chi connectivity index (χ3v) is 0.639. The van der Waals surface area contributed by atoms with Crippen molar-refractivity contribution in [1.29, 1.82) is 0 Å². The third-order valence-electron chi connectivity index (χ3n) is 0.639. The maximum Gasteiger partial charge on any atom is 0.124 e. The Labute approximate surface area is 49.7 Å². The van der Waals surface area contributed by atoms with Gasteiger partial charge in [-0.15, -0.1) is 0 Å². The second-order valence-corrected chi connectivity index (χ2v) is 1.32. The average Bonchev–Trinajstić information content (AvgIpc) is 1.83. The van der Waals surface area contributed by atoms with Gasteiger partial charge in [-0.2, -0.15) is 0 Å². The van der Waals surface area contributed by atoms with E-state index in [1.165, 1.54) is 0 Å². The molecular weight excluding hydrogens is 100 g/mol. The second kappa shape index (κ2) is 4.24. The third kappa shape index (κ3) is 3.28. The van der Waals surface area contributed by atoms with Crippen molar-refractivity contribution in [3.8, 4) is 0 Å². The van der Waals surface area contributed by atoms with Gasteiger partial charge in [0, 0.05) is 6.20 Å². The lowest BCUT2D eigenvalue weighted by atomic mass is 10.6. The zero-order chi connectivity index (χ0) is 6.41. The number of allylic oxidation sites excluding steroid dienone is 1. The monoisotopic (exact) mass is 110 g/mol. The van der Waals surface area contributed by atoms with Crippen LogP contribution in [-0.2, 0) is 0 Å². The lowest BCUT2D eigenvalue weighted by Gasteiger charge is -1.80. The van der Waals surface area contributed by atoms with Crippen LogP contribution in [0.1, 0.15) is 13.8 Å². The molecule has 0 aromatic heterocycles. The van der Waals surface area contributed by atoms with Gasteiger partial charge in [-0.05, 0) is 20.6 Å². The van der Waals surface area contributed by atoms with Crippen molar-refractivity contribution in [2.75, 3.05) is 0 Å². The van der Waals surface area contributed by atoms with Crippen molar-refractivity contribution in [2.45, 2.75) is 13.8 Å². The van der Waals surface area contributed by atoms with Crippen LogP contribution in [0.4, 0.5) is 0 Å². The van der Waals surface area contributed by atoms with Crippen LogP contribution in [-0.4, -0.2) is 12.6 Å². The molecule has 2 heteroatoms. The molecule has 0 aromatic carbocycles. The van der Waals surface area contributed by atoms with Crippen LogP contribution >= 0.6 is 0 Å². The summed E-state index contributed by atoms with van der Waals surface area (Å²) in [6.07, 6.45) is 3.53. The van der Waals surface area contributed by atoms with Crippen LogP contribution in [0.25, 0.3) is 0 Å². The minimum absolute atomic E-state index is 0.697. The SMILES string of the molecule is C=NC(C)=N/C=C\C. The van der Waals surface area contributed by atoms with E-state index in [0.717, 1.165) is 0 Å². The highest BCUT2D eigenvalue weighted by Gasteiger charge is 1.72. The maximum atomic E-state index is 3.87. The number of hydrogen-bond acceptors (Lipinski definition) is 1. The Morgan fingerprint density at radius 1 is 1.62 bits per heavy atom. The predicted molar refractivity (Wildman–Crippen MR) is 37.5 cm³/mol. The molecule has 0 N–H and O–H groups in total. The quantitative estimate of drug-likeness (QED) is 0.362. The van der Waals surface area contributed by atoms with Gasteiger partial charge in [0.15, 0.2) is 0 Å². The fourth-order valence-electron chi connectivity index (χ4n) is 0.223. The molecule has 0 aliphatic heterocycles. The maximum absolute atomic E-state index is 3.87. The van der Waals surface area contributed by atoms with Gasteiger partial charge in [0.1, 0.15) is 5.84 Å². The van der Waals surface area contributed by atoms with Gasteiger partial charge >= 0.3 is 0 Å². The zero-order valence-electron chi connectivity index (χ0n) is 5.26. The highest BCUT2D eigenvalue weighted by atomic mass is 14.9. The normalized spacial score (nSPS) is 12.5. The van der Waals surface area contributed by atoms with Crippen LogP contribution in [0.15, 0.2) is 22.3 Å². The van der Waals surface area contributed by atoms with Crippen molar-refractivity contribution in [3.05, 3.63) is 12.3 Å². The molecule has 0 bridgehead atoms. The van der Waals surface area contributed by atoms with E-state index in [1.54, 1.807) is 13.1 Å². The van der Waals surface area contributed by atoms with Crippen LogP contribution in [0.3, 0.4) is 0 Å². The van der Waals surface area contributed by atoms with Gasteiger partial charge in [-0.1, -0.05) is 6.08 Å². The second-order valence-electron chi connectivity index (χ2n) is 1.32. The van der Waals surface area contributed by atoms with Crippen molar-refractivity contribution >= 4 is 12.6 Å². The molecule has 0 heterocycles. The minimum atomic E-state index is 0.697. The number of nitrogens with zero attached hydrogens (tertiary/aromatic N) is 2. The molecule has 0 spiro atoms. The van der Waals surface area contributed by atoms with Crippen molar-refractivity contribution in [3.63, 3.8) is 0 Å². The Bertz CT molecular complexity index is 122. The summed E-state index contributed by atoms with van der Waals surface area (Å²) < 4.78 is 0. The van der Waals surface area contributed by atoms with E-state index < -0.39 is 0 Å². The van der Waals surface area contributed by atoms with Gasteiger partial charge in [-0.3, -0.25) is 0 Å². The summed E-state index contributed by atoms with van der Waals surface area (Å²) in [6.45, 7) is 7.00. The smallest absolute Gasteiger partial charge is 0.124 e. The summed E-state index contributed by atoms with van der Waals surface area (Å²) in [7, 11) is 0. The van der Waals surface area contributed by atoms with Crippen molar-refractivity contribution in [2.24, 2.45) is 9.98 Å². The van der Waals surface area contributed by atoms with E-state index >= 15 is 0 Å². The Kier molecular flexibility index (Phi) is 3.76. The first-order valence-corrected chi connectivity index (χ1v) is 2.43. The largest absolute Gasteiger partial charge is 0.250 e. The molecule has 0 saturated heterocycles. The Morgan fingerprint density at radius 2 is 2.25 bits per heavy atom. The number of aliphatic imine (C=N–C) groups is 2. The first kappa shape index (κ1) is 7.08. The fraction of sp³-hybridized carbons (Fsp3) is 0.333. The van der Waals surface area contributed by atoms with Gasteiger partial charge in [0.25, 0.3) is 0 Å². The highest BCUT2D eigenvalue weighted by molar-refractivity contribution is 5.84. The average molecular weight is 110 g/mol. The van der Waals surface area contributed by atoms with E-state index in [0.29, 0.717) is 5.84 Å². The van der Waals surface area contributed by atoms with Crippen molar-refractivity contribution < 1.29 is 0 Å². The standard InChI is InChI=1S/C6H10N2/c1-4-5-8-6(2)7-3/h4-5H,3H2,1-2H3/b5-4-,8-6?. The molecule has 0 fully saturated rings. The minimum Gasteiger partial charge on any atom is -0.250 e. The first-order chi connectivity index (χ1) is 3.81. The number of rotatable bonds is 1. The topological polar surface area (TPSA) is 24.7 Å². The van der Waals surface area contributed by atoms with Gasteiger partial charge in [-0.25, -0.2) is 9.98 Å². The Balaban J connectivity index is 3.74. The van der Waals surface area contributed by atoms with Crippen LogP contribution in [0.5, 0.6) is 0 Å². The summed E-state index contributed by atoms with van der Waals surface area (Å²) >= 11 is 0. The van der Waals surface area contributed by atoms with Crippen LogP contribution in [0, 0.1) is 0 Å². The molecule has 0 aliphatic carbocycles. The van der Waals surface area contributed by atoms with E-state index in [9.17, 15) is 0 Å². The lowest BCUT2D eigenvalue weighted by Crippen LogP contribution is -1.78. The molecule has 8 heavy (non-hydrogen) atoms. The molecule has 0 atom stereocenters. The molecule has 0 unspecified atom stereocenters. The van der Waals surface area contributed by atoms with Crippen LogP contribution < -0.4 is 0 Å². The summed E-state index contributed by atoms with van der Waals surface area (Å²) in [5, 5.41) is 0. The Morgan fingerprint density at radius 3 is 2.62 bits per heavy atom. The zero-order valence-corrected chi connectivity index (χ0v) is 5.26. The summed E-state index contributed by atoms with van der Waals surface area (Å²) in [4.78, 5) is 7.44. The van der Waals surface area contributed by atoms with Gasteiger partial charge < -0.3 is 0 Å². The molecule has 0 aliphatic rings. The number of hydrogen-bond donors (Lipinski definition) is 0. The molecule has 0 amide bonds. The molecule has 0 radical (unpaired) electrons. The predicted octanol–water partition coefficient (Wildman–Crippen LogP) is 1.64. The molecular formula is C6H10N2. The van der Waals surface area contributed by atoms with Gasteiger partial charge in [0.05, 0.1) is 0 Å². The lowest BCUT2D eigenvalue weighted by molar-refractivity contribution is 1.45. The highest BCUT2D eigenvalue weighted by Crippen LogP contribution is 1.78. The molecule has 0 saturated carbocycles. The van der Waals surface area contributed by atoms with Crippen LogP contribution in [0.2, 0.25) is 0 Å². The van der Waals surface area contributed by atoms with E-state index in [-0.39, 0.29) is 0 Å². The van der Waals surface area contributed by atoms with E-state index in [4.69, 9.17) is 0 Å².